The molecule has 0 spiro atoms. The van der Waals surface area contributed by atoms with Gasteiger partial charge in [-0.1, -0.05) is 29.8 Å². The maximum Gasteiger partial charge on any atom is 0.251 e. The third-order valence-corrected chi connectivity index (χ3v) is 5.78. The van der Waals surface area contributed by atoms with E-state index in [-0.39, 0.29) is 12.1 Å². The van der Waals surface area contributed by atoms with Gasteiger partial charge in [0.2, 0.25) is 0 Å². The molecule has 2 aromatic carbocycles. The monoisotopic (exact) mass is 434 g/mol. The normalized spacial score (nSPS) is 14.5. The zero-order chi connectivity index (χ0) is 22.8. The summed E-state index contributed by atoms with van der Waals surface area (Å²) in [6, 6.07) is 17.9. The Labute approximate surface area is 192 Å². The number of amides is 1. The molecule has 3 heterocycles. The summed E-state index contributed by atoms with van der Waals surface area (Å²) in [5.41, 5.74) is 13.7. The predicted octanol–water partition coefficient (Wildman–Crippen LogP) is 4.77. The lowest BCUT2D eigenvalue weighted by Crippen LogP contribution is -2.23. The third-order valence-electron chi connectivity index (χ3n) is 5.78. The molecule has 1 amide bonds. The van der Waals surface area contributed by atoms with E-state index in [1.165, 1.54) is 5.56 Å². The molecule has 1 unspecified atom stereocenters. The van der Waals surface area contributed by atoms with Crippen molar-refractivity contribution in [1.29, 1.82) is 0 Å². The molecule has 164 valence electrons. The number of aryl methyl sites for hydroxylation is 1. The number of aromatic nitrogens is 2. The van der Waals surface area contributed by atoms with Crippen LogP contribution in [0.5, 0.6) is 0 Å². The van der Waals surface area contributed by atoms with E-state index in [1.54, 1.807) is 18.5 Å². The molecule has 4 aromatic rings. The number of benzene rings is 2. The third kappa shape index (κ3) is 4.61. The molecule has 0 bridgehead atoms. The van der Waals surface area contributed by atoms with E-state index in [1.807, 2.05) is 42.6 Å². The lowest BCUT2D eigenvalue weighted by Gasteiger charge is -2.31. The molecule has 2 aromatic heterocycles. The van der Waals surface area contributed by atoms with Crippen molar-refractivity contribution in [3.63, 3.8) is 0 Å². The summed E-state index contributed by atoms with van der Waals surface area (Å²) in [6.45, 7) is 2.50. The standard InChI is InChI=1S/C27H24N5O/c1-17-2-5-25-22(10-17)12-19(16-31-25)13-23-14-21(7-8-29-23)27(33)32-15-18-3-4-24-20(11-18)6-9-30-26(24)28/h2-12,14,16,26H,13,15,28H2,1H3,(H,32,33)/q-1. The Bertz CT molecular complexity index is 1380. The maximum absolute atomic E-state index is 12.8. The second kappa shape index (κ2) is 8.84. The van der Waals surface area contributed by atoms with Gasteiger partial charge in [0, 0.05) is 42.0 Å². The molecule has 1 aliphatic rings. The number of nitrogens with one attached hydrogen (secondary N) is 1. The Morgan fingerprint density at radius 2 is 1.97 bits per heavy atom. The molecule has 1 atom stereocenters. The molecule has 0 radical (unpaired) electrons. The van der Waals surface area contributed by atoms with Crippen molar-refractivity contribution in [2.24, 2.45) is 5.73 Å². The topological polar surface area (TPSA) is 95.0 Å². The van der Waals surface area contributed by atoms with Gasteiger partial charge in [-0.15, -0.1) is 0 Å². The van der Waals surface area contributed by atoms with Crippen molar-refractivity contribution < 1.29 is 4.79 Å². The number of rotatable bonds is 5. The van der Waals surface area contributed by atoms with Gasteiger partial charge in [-0.25, -0.2) is 0 Å². The molecule has 0 saturated heterocycles. The van der Waals surface area contributed by atoms with Crippen LogP contribution in [-0.2, 0) is 13.0 Å². The fourth-order valence-corrected chi connectivity index (χ4v) is 4.05. The van der Waals surface area contributed by atoms with Crippen LogP contribution in [0.4, 0.5) is 0 Å². The van der Waals surface area contributed by atoms with Crippen LogP contribution < -0.4 is 11.1 Å². The Balaban J connectivity index is 1.27. The SMILES string of the molecule is Cc1ccc2ncc(Cc3cc(C(=O)NCc4ccc5c(c4)C=C[N-]C5N)ccn3)cc2c1. The second-order valence-electron chi connectivity index (χ2n) is 8.31. The summed E-state index contributed by atoms with van der Waals surface area (Å²) in [5, 5.41) is 8.29. The van der Waals surface area contributed by atoms with Crippen molar-refractivity contribution in [2.45, 2.75) is 26.1 Å². The minimum atomic E-state index is -0.328. The molecule has 0 aliphatic carbocycles. The fraction of sp³-hybridized carbons (Fsp3) is 0.148. The molecule has 5 rings (SSSR count). The first-order chi connectivity index (χ1) is 16.0. The van der Waals surface area contributed by atoms with Crippen LogP contribution in [0.15, 0.2) is 73.2 Å². The van der Waals surface area contributed by atoms with Gasteiger partial charge >= 0.3 is 0 Å². The smallest absolute Gasteiger partial charge is 0.251 e. The molecular formula is C27H24N5O-. The number of carbonyl (C=O) groups is 1. The molecule has 0 fully saturated rings. The van der Waals surface area contributed by atoms with Gasteiger partial charge in [-0.2, -0.15) is 6.20 Å². The summed E-state index contributed by atoms with van der Waals surface area (Å²) >= 11 is 0. The van der Waals surface area contributed by atoms with Crippen molar-refractivity contribution in [1.82, 2.24) is 15.3 Å². The van der Waals surface area contributed by atoms with E-state index >= 15 is 0 Å². The number of carbonyl (C=O) groups excluding carboxylic acids is 1. The maximum atomic E-state index is 12.8. The lowest BCUT2D eigenvalue weighted by atomic mass is 9.99. The average molecular weight is 435 g/mol. The van der Waals surface area contributed by atoms with Gasteiger partial charge in [0.15, 0.2) is 0 Å². The first-order valence-corrected chi connectivity index (χ1v) is 10.9. The van der Waals surface area contributed by atoms with Crippen LogP contribution in [0.1, 0.15) is 50.0 Å². The average Bonchev–Trinajstić information content (AvgIpc) is 2.82. The van der Waals surface area contributed by atoms with E-state index in [0.29, 0.717) is 18.5 Å². The van der Waals surface area contributed by atoms with E-state index in [9.17, 15) is 4.79 Å². The van der Waals surface area contributed by atoms with Gasteiger partial charge < -0.3 is 16.4 Å². The highest BCUT2D eigenvalue weighted by atomic mass is 16.1. The molecule has 3 N–H and O–H groups in total. The first-order valence-electron chi connectivity index (χ1n) is 10.9. The summed E-state index contributed by atoms with van der Waals surface area (Å²) < 4.78 is 0. The quantitative estimate of drug-likeness (QED) is 0.473. The summed E-state index contributed by atoms with van der Waals surface area (Å²) in [6.07, 6.45) is 7.49. The number of nitrogens with zero attached hydrogens (tertiary/aromatic N) is 3. The minimum absolute atomic E-state index is 0.133. The van der Waals surface area contributed by atoms with Crippen LogP contribution in [0.25, 0.3) is 22.3 Å². The highest BCUT2D eigenvalue weighted by molar-refractivity contribution is 5.94. The van der Waals surface area contributed by atoms with Crippen molar-refractivity contribution in [3.05, 3.63) is 118 Å². The van der Waals surface area contributed by atoms with Gasteiger partial charge in [0.25, 0.3) is 5.91 Å². The summed E-state index contributed by atoms with van der Waals surface area (Å²) in [4.78, 5) is 21.8. The van der Waals surface area contributed by atoms with Crippen LogP contribution in [0, 0.1) is 6.92 Å². The van der Waals surface area contributed by atoms with Gasteiger partial charge in [-0.3, -0.25) is 14.8 Å². The van der Waals surface area contributed by atoms with E-state index < -0.39 is 0 Å². The predicted molar refractivity (Wildman–Crippen MR) is 130 cm³/mol. The van der Waals surface area contributed by atoms with Crippen LogP contribution >= 0.6 is 0 Å². The van der Waals surface area contributed by atoms with E-state index in [4.69, 9.17) is 5.73 Å². The Morgan fingerprint density at radius 1 is 1.06 bits per heavy atom. The van der Waals surface area contributed by atoms with E-state index in [0.717, 1.165) is 38.9 Å². The van der Waals surface area contributed by atoms with Crippen molar-refractivity contribution >= 4 is 22.9 Å². The minimum Gasteiger partial charge on any atom is -0.673 e. The zero-order valence-corrected chi connectivity index (χ0v) is 18.3. The first kappa shape index (κ1) is 20.8. The lowest BCUT2D eigenvalue weighted by molar-refractivity contribution is 0.0950. The molecule has 0 saturated carbocycles. The second-order valence-corrected chi connectivity index (χ2v) is 8.31. The van der Waals surface area contributed by atoms with Crippen LogP contribution in [0.2, 0.25) is 0 Å². The molecule has 33 heavy (non-hydrogen) atoms. The van der Waals surface area contributed by atoms with Crippen molar-refractivity contribution in [2.75, 3.05) is 0 Å². The van der Waals surface area contributed by atoms with Crippen molar-refractivity contribution in [3.8, 4) is 0 Å². The summed E-state index contributed by atoms with van der Waals surface area (Å²) in [5.74, 6) is -0.133. The highest BCUT2D eigenvalue weighted by Gasteiger charge is 2.10. The molecule has 1 aliphatic heterocycles. The van der Waals surface area contributed by atoms with Gasteiger partial charge in [0.05, 0.1) is 5.52 Å². The number of pyridine rings is 2. The fourth-order valence-electron chi connectivity index (χ4n) is 4.05. The molecular weight excluding hydrogens is 410 g/mol. The van der Waals surface area contributed by atoms with Gasteiger partial charge in [-0.05, 0) is 71.7 Å². The number of hydrogen-bond donors (Lipinski definition) is 2. The number of fused-ring (bicyclic) bond motifs is 2. The van der Waals surface area contributed by atoms with Gasteiger partial charge in [0.1, 0.15) is 0 Å². The highest BCUT2D eigenvalue weighted by Crippen LogP contribution is 2.28. The Hall–Kier alpha value is -4.03. The largest absolute Gasteiger partial charge is 0.673 e. The molecule has 6 nitrogen and oxygen atoms in total. The Kier molecular flexibility index (Phi) is 5.59. The molecule has 6 heteroatoms. The number of nitrogens with two attached hydrogens (primary N) is 1. The Morgan fingerprint density at radius 3 is 2.88 bits per heavy atom. The van der Waals surface area contributed by atoms with E-state index in [2.05, 4.69) is 45.7 Å². The number of hydrogen-bond acceptors (Lipinski definition) is 4. The van der Waals surface area contributed by atoms with Crippen LogP contribution in [0.3, 0.4) is 0 Å². The van der Waals surface area contributed by atoms with Crippen LogP contribution in [-0.4, -0.2) is 15.9 Å². The summed E-state index contributed by atoms with van der Waals surface area (Å²) in [7, 11) is 0. The zero-order valence-electron chi connectivity index (χ0n) is 18.3.